The summed E-state index contributed by atoms with van der Waals surface area (Å²) in [6.45, 7) is 6.67. The maximum Gasteiger partial charge on any atom is 0.408 e. The van der Waals surface area contributed by atoms with E-state index in [-0.39, 0.29) is 11.3 Å². The van der Waals surface area contributed by atoms with Crippen molar-refractivity contribution in [1.29, 1.82) is 0 Å². The van der Waals surface area contributed by atoms with Gasteiger partial charge in [-0.3, -0.25) is 0 Å². The highest BCUT2D eigenvalue weighted by Gasteiger charge is 2.24. The molecular weight excluding hydrogens is 278 g/mol. The third-order valence-electron chi connectivity index (χ3n) is 2.46. The fraction of sp³-hybridized carbons (Fsp3) is 0.500. The van der Waals surface area contributed by atoms with Crippen LogP contribution in [0.1, 0.15) is 48.7 Å². The number of alkyl carbamates (subject to hydrolysis) is 1. The Hall–Kier alpha value is -2.31. The van der Waals surface area contributed by atoms with E-state index in [4.69, 9.17) is 9.15 Å². The molecule has 0 aliphatic heterocycles. The highest BCUT2D eigenvalue weighted by molar-refractivity contribution is 5.90. The van der Waals surface area contributed by atoms with E-state index < -0.39 is 23.7 Å². The molecule has 7 nitrogen and oxygen atoms in total. The van der Waals surface area contributed by atoms with Crippen LogP contribution in [-0.4, -0.2) is 31.1 Å². The molecule has 0 saturated heterocycles. The molecular formula is C14H19NO6. The molecule has 1 amide bonds. The lowest BCUT2D eigenvalue weighted by Crippen LogP contribution is -2.35. The second-order valence-electron chi connectivity index (χ2n) is 5.37. The number of carbonyl (C=O) groups excluding carboxylic acids is 3. The summed E-state index contributed by atoms with van der Waals surface area (Å²) in [6, 6.07) is 0.314. The van der Waals surface area contributed by atoms with Crippen LogP contribution in [0.3, 0.4) is 0 Å². The van der Waals surface area contributed by atoms with Crippen molar-refractivity contribution in [1.82, 2.24) is 5.32 Å². The molecule has 0 fully saturated rings. The maximum absolute atomic E-state index is 11.7. The van der Waals surface area contributed by atoms with Crippen molar-refractivity contribution in [3.63, 3.8) is 0 Å². The third-order valence-corrected chi connectivity index (χ3v) is 2.46. The second-order valence-corrected chi connectivity index (χ2v) is 5.37. The Kier molecular flexibility index (Phi) is 5.12. The Morgan fingerprint density at radius 2 is 2.00 bits per heavy atom. The van der Waals surface area contributed by atoms with Crippen molar-refractivity contribution >= 4 is 18.3 Å². The Bertz CT molecular complexity index is 540. The number of esters is 1. The monoisotopic (exact) mass is 297 g/mol. The number of nitrogens with one attached hydrogen (secondary N) is 1. The van der Waals surface area contributed by atoms with Gasteiger partial charge in [0.25, 0.3) is 0 Å². The number of carbonyl (C=O) groups is 3. The molecule has 1 unspecified atom stereocenters. The average molecular weight is 297 g/mol. The highest BCUT2D eigenvalue weighted by Crippen LogP contribution is 2.21. The predicted molar refractivity (Wildman–Crippen MR) is 73.0 cm³/mol. The summed E-state index contributed by atoms with van der Waals surface area (Å²) in [6.07, 6.45) is -0.267. The molecule has 0 radical (unpaired) electrons. The summed E-state index contributed by atoms with van der Waals surface area (Å²) < 4.78 is 15.0. The van der Waals surface area contributed by atoms with Gasteiger partial charge in [0, 0.05) is 0 Å². The van der Waals surface area contributed by atoms with E-state index in [0.717, 1.165) is 0 Å². The van der Waals surface area contributed by atoms with Gasteiger partial charge >= 0.3 is 12.1 Å². The van der Waals surface area contributed by atoms with Crippen LogP contribution in [-0.2, 0) is 14.3 Å². The fourth-order valence-electron chi connectivity index (χ4n) is 1.58. The number of hydrogen-bond donors (Lipinski definition) is 1. The Balaban J connectivity index is 2.89. The van der Waals surface area contributed by atoms with Crippen LogP contribution in [0.4, 0.5) is 4.79 Å². The molecule has 116 valence electrons. The third kappa shape index (κ3) is 4.62. The van der Waals surface area contributed by atoms with Gasteiger partial charge in [0.1, 0.15) is 35.0 Å². The first-order valence-electron chi connectivity index (χ1n) is 6.31. The molecule has 1 aromatic heterocycles. The zero-order chi connectivity index (χ0) is 16.2. The maximum atomic E-state index is 11.7. The van der Waals surface area contributed by atoms with Crippen LogP contribution in [0.15, 0.2) is 10.5 Å². The number of hydrogen-bond acceptors (Lipinski definition) is 6. The quantitative estimate of drug-likeness (QED) is 0.675. The van der Waals surface area contributed by atoms with Gasteiger partial charge in [-0.25, -0.2) is 9.59 Å². The minimum atomic E-state index is -1.04. The van der Waals surface area contributed by atoms with Gasteiger partial charge in [-0.15, -0.1) is 0 Å². The molecule has 1 N–H and O–H groups in total. The number of methoxy groups -OCH3 is 1. The Labute approximate surface area is 122 Å². The summed E-state index contributed by atoms with van der Waals surface area (Å²) in [5.41, 5.74) is -0.487. The molecule has 0 aliphatic carbocycles. The first-order valence-corrected chi connectivity index (χ1v) is 6.31. The molecule has 0 saturated carbocycles. The summed E-state index contributed by atoms with van der Waals surface area (Å²) in [4.78, 5) is 34.3. The molecule has 1 rings (SSSR count). The fourth-order valence-corrected chi connectivity index (χ4v) is 1.58. The van der Waals surface area contributed by atoms with Gasteiger partial charge in [0.15, 0.2) is 0 Å². The van der Waals surface area contributed by atoms with Crippen molar-refractivity contribution in [3.8, 4) is 0 Å². The van der Waals surface area contributed by atoms with E-state index in [1.807, 2.05) is 0 Å². The van der Waals surface area contributed by atoms with Gasteiger partial charge in [-0.2, -0.15) is 0 Å². The molecule has 0 bridgehead atoms. The first-order chi connectivity index (χ1) is 9.67. The van der Waals surface area contributed by atoms with Crippen molar-refractivity contribution in [2.45, 2.75) is 39.3 Å². The number of amides is 1. The summed E-state index contributed by atoms with van der Waals surface area (Å²) in [7, 11) is 1.24. The van der Waals surface area contributed by atoms with E-state index in [1.165, 1.54) is 13.2 Å². The number of aldehydes is 1. The van der Waals surface area contributed by atoms with Crippen molar-refractivity contribution in [2.24, 2.45) is 0 Å². The number of furan rings is 1. The van der Waals surface area contributed by atoms with E-state index in [1.54, 1.807) is 27.7 Å². The van der Waals surface area contributed by atoms with Crippen LogP contribution in [0.25, 0.3) is 0 Å². The molecule has 7 heteroatoms. The minimum absolute atomic E-state index is 0.133. The number of ether oxygens (including phenoxy) is 2. The van der Waals surface area contributed by atoms with Crippen LogP contribution in [0.5, 0.6) is 0 Å². The van der Waals surface area contributed by atoms with Crippen LogP contribution in [0, 0.1) is 6.92 Å². The number of rotatable bonds is 4. The lowest BCUT2D eigenvalue weighted by atomic mass is 10.2. The highest BCUT2D eigenvalue weighted by atomic mass is 16.6. The summed E-state index contributed by atoms with van der Waals surface area (Å²) in [5.74, 6) is -0.145. The van der Waals surface area contributed by atoms with Gasteiger partial charge < -0.3 is 24.0 Å². The SMILES string of the molecule is COC(=O)c1cc(C(C=O)NC(=O)OC(C)(C)C)oc1C. The minimum Gasteiger partial charge on any atom is -0.465 e. The van der Waals surface area contributed by atoms with E-state index in [0.29, 0.717) is 12.0 Å². The van der Waals surface area contributed by atoms with E-state index in [9.17, 15) is 14.4 Å². The van der Waals surface area contributed by atoms with Crippen LogP contribution in [0.2, 0.25) is 0 Å². The largest absolute Gasteiger partial charge is 0.465 e. The van der Waals surface area contributed by atoms with Gasteiger partial charge in [-0.05, 0) is 33.8 Å². The zero-order valence-corrected chi connectivity index (χ0v) is 12.7. The van der Waals surface area contributed by atoms with Gasteiger partial charge in [0.05, 0.1) is 7.11 Å². The molecule has 1 atom stereocenters. The summed E-state index contributed by atoms with van der Waals surface area (Å²) >= 11 is 0. The Morgan fingerprint density at radius 1 is 1.38 bits per heavy atom. The predicted octanol–water partition coefficient (Wildman–Crippen LogP) is 2.14. The molecule has 1 aromatic rings. The Morgan fingerprint density at radius 3 is 2.48 bits per heavy atom. The van der Waals surface area contributed by atoms with Crippen LogP contribution < -0.4 is 5.32 Å². The lowest BCUT2D eigenvalue weighted by Gasteiger charge is -2.20. The topological polar surface area (TPSA) is 94.8 Å². The first kappa shape index (κ1) is 16.7. The summed E-state index contributed by atoms with van der Waals surface area (Å²) in [5, 5.41) is 2.36. The molecule has 21 heavy (non-hydrogen) atoms. The van der Waals surface area contributed by atoms with Crippen molar-refractivity contribution in [2.75, 3.05) is 7.11 Å². The zero-order valence-electron chi connectivity index (χ0n) is 12.7. The van der Waals surface area contributed by atoms with Gasteiger partial charge in [-0.1, -0.05) is 0 Å². The van der Waals surface area contributed by atoms with Gasteiger partial charge in [0.2, 0.25) is 0 Å². The molecule has 0 aromatic carbocycles. The standard InChI is InChI=1S/C14H19NO6/c1-8-9(12(17)19-5)6-11(20-8)10(7-16)15-13(18)21-14(2,3)4/h6-7,10H,1-5H3,(H,15,18). The van der Waals surface area contributed by atoms with Crippen molar-refractivity contribution in [3.05, 3.63) is 23.2 Å². The van der Waals surface area contributed by atoms with E-state index >= 15 is 0 Å². The molecule has 1 heterocycles. The smallest absolute Gasteiger partial charge is 0.408 e. The average Bonchev–Trinajstić information content (AvgIpc) is 2.75. The molecule has 0 aliphatic rings. The molecule has 0 spiro atoms. The van der Waals surface area contributed by atoms with E-state index in [2.05, 4.69) is 10.1 Å². The van der Waals surface area contributed by atoms with Crippen LogP contribution >= 0.6 is 0 Å². The second kappa shape index (κ2) is 6.43. The lowest BCUT2D eigenvalue weighted by molar-refractivity contribution is -0.110. The normalized spacial score (nSPS) is 12.4. The number of aryl methyl sites for hydroxylation is 1. The van der Waals surface area contributed by atoms with Crippen molar-refractivity contribution < 1.29 is 28.3 Å².